The number of nitrogens with two attached hydrogens (primary N) is 1. The van der Waals surface area contributed by atoms with E-state index < -0.39 is 17.9 Å². The first kappa shape index (κ1) is 19.2. The molecule has 1 aromatic carbocycles. The first-order valence-corrected chi connectivity index (χ1v) is 8.74. The molecule has 5 N–H and O–H groups in total. The van der Waals surface area contributed by atoms with Crippen molar-refractivity contribution in [2.24, 2.45) is 5.73 Å². The average molecular weight is 383 g/mol. The standard InChI is InChI=1S/C18H21N7O3/c19-8-16(26)21-10-17(27)23-14(7-13-9-20-11-22-13)18-24-15(25-28-18)6-12-4-2-1-3-5-12/h1-5,9,11,14H,6-8,10,19H2,(H,20,22)(H,21,26)(H,23,27)/t14-/m0/s1. The maximum atomic E-state index is 12.2. The first-order chi connectivity index (χ1) is 13.6. The van der Waals surface area contributed by atoms with Crippen LogP contribution in [-0.2, 0) is 22.4 Å². The zero-order chi connectivity index (χ0) is 19.8. The maximum absolute atomic E-state index is 12.2. The third kappa shape index (κ3) is 5.48. The molecule has 0 spiro atoms. The molecular formula is C18H21N7O3. The molecule has 3 rings (SSSR count). The predicted molar refractivity (Wildman–Crippen MR) is 98.8 cm³/mol. The molecule has 10 nitrogen and oxygen atoms in total. The topological polar surface area (TPSA) is 152 Å². The molecule has 0 aliphatic carbocycles. The number of hydrogen-bond donors (Lipinski definition) is 4. The molecule has 28 heavy (non-hydrogen) atoms. The van der Waals surface area contributed by atoms with Crippen LogP contribution in [0, 0.1) is 0 Å². The molecule has 146 valence electrons. The largest absolute Gasteiger partial charge is 0.351 e. The molecule has 0 saturated heterocycles. The van der Waals surface area contributed by atoms with Gasteiger partial charge in [0.15, 0.2) is 5.82 Å². The Balaban J connectivity index is 1.69. The van der Waals surface area contributed by atoms with E-state index >= 15 is 0 Å². The van der Waals surface area contributed by atoms with Gasteiger partial charge in [-0.2, -0.15) is 4.98 Å². The van der Waals surface area contributed by atoms with Crippen LogP contribution in [0.5, 0.6) is 0 Å². The lowest BCUT2D eigenvalue weighted by atomic mass is 10.1. The fraction of sp³-hybridized carbons (Fsp3) is 0.278. The Morgan fingerprint density at radius 1 is 1.21 bits per heavy atom. The highest BCUT2D eigenvalue weighted by atomic mass is 16.5. The van der Waals surface area contributed by atoms with Gasteiger partial charge in [0.25, 0.3) is 0 Å². The van der Waals surface area contributed by atoms with Crippen molar-refractivity contribution in [2.45, 2.75) is 18.9 Å². The first-order valence-electron chi connectivity index (χ1n) is 8.74. The summed E-state index contributed by atoms with van der Waals surface area (Å²) in [6.07, 6.45) is 4.13. The number of carbonyl (C=O) groups is 2. The Bertz CT molecular complexity index is 893. The Morgan fingerprint density at radius 2 is 2.04 bits per heavy atom. The Labute approximate surface area is 160 Å². The number of nitrogens with one attached hydrogen (secondary N) is 3. The lowest BCUT2D eigenvalue weighted by molar-refractivity contribution is -0.125. The van der Waals surface area contributed by atoms with E-state index in [1.807, 2.05) is 30.3 Å². The molecule has 3 aromatic rings. The molecule has 10 heteroatoms. The SMILES string of the molecule is NCC(=O)NCC(=O)N[C@@H](Cc1c[nH]cn1)c1nc(Cc2ccccc2)no1. The van der Waals surface area contributed by atoms with E-state index in [0.29, 0.717) is 18.7 Å². The van der Waals surface area contributed by atoms with Gasteiger partial charge < -0.3 is 25.9 Å². The molecule has 0 radical (unpaired) electrons. The van der Waals surface area contributed by atoms with Crippen LogP contribution in [0.2, 0.25) is 0 Å². The van der Waals surface area contributed by atoms with Crippen LogP contribution in [0.4, 0.5) is 0 Å². The highest BCUT2D eigenvalue weighted by Gasteiger charge is 2.23. The Morgan fingerprint density at radius 3 is 2.75 bits per heavy atom. The normalized spacial score (nSPS) is 11.8. The van der Waals surface area contributed by atoms with Gasteiger partial charge in [-0.15, -0.1) is 0 Å². The van der Waals surface area contributed by atoms with E-state index in [1.54, 1.807) is 12.5 Å². The second-order valence-electron chi connectivity index (χ2n) is 6.08. The highest BCUT2D eigenvalue weighted by Crippen LogP contribution is 2.17. The van der Waals surface area contributed by atoms with Crippen molar-refractivity contribution in [2.75, 3.05) is 13.1 Å². The number of amides is 2. The van der Waals surface area contributed by atoms with Gasteiger partial charge in [0, 0.05) is 19.0 Å². The zero-order valence-electron chi connectivity index (χ0n) is 15.1. The van der Waals surface area contributed by atoms with Gasteiger partial charge in [-0.25, -0.2) is 4.98 Å². The Hall–Kier alpha value is -3.53. The second-order valence-corrected chi connectivity index (χ2v) is 6.08. The van der Waals surface area contributed by atoms with Gasteiger partial charge in [-0.1, -0.05) is 35.5 Å². The number of benzene rings is 1. The van der Waals surface area contributed by atoms with Crippen molar-refractivity contribution >= 4 is 11.8 Å². The molecule has 0 unspecified atom stereocenters. The molecule has 0 bridgehead atoms. The van der Waals surface area contributed by atoms with Crippen molar-refractivity contribution in [3.05, 3.63) is 65.8 Å². The minimum absolute atomic E-state index is 0.184. The van der Waals surface area contributed by atoms with Gasteiger partial charge in [0.1, 0.15) is 6.04 Å². The van der Waals surface area contributed by atoms with Crippen LogP contribution in [0.25, 0.3) is 0 Å². The van der Waals surface area contributed by atoms with E-state index in [9.17, 15) is 9.59 Å². The molecule has 1 atom stereocenters. The van der Waals surface area contributed by atoms with Crippen LogP contribution in [0.1, 0.15) is 29.0 Å². The van der Waals surface area contributed by atoms with Crippen molar-refractivity contribution < 1.29 is 14.1 Å². The molecule has 2 heterocycles. The van der Waals surface area contributed by atoms with Crippen LogP contribution >= 0.6 is 0 Å². The lowest BCUT2D eigenvalue weighted by Gasteiger charge is -2.14. The molecule has 0 saturated carbocycles. The predicted octanol–water partition coefficient (Wildman–Crippen LogP) is -0.142. The summed E-state index contributed by atoms with van der Waals surface area (Å²) >= 11 is 0. The second kappa shape index (κ2) is 9.42. The van der Waals surface area contributed by atoms with Crippen LogP contribution < -0.4 is 16.4 Å². The lowest BCUT2D eigenvalue weighted by Crippen LogP contribution is -2.41. The van der Waals surface area contributed by atoms with E-state index in [0.717, 1.165) is 11.3 Å². The average Bonchev–Trinajstić information content (AvgIpc) is 3.38. The van der Waals surface area contributed by atoms with Crippen molar-refractivity contribution in [3.8, 4) is 0 Å². The minimum atomic E-state index is -0.581. The van der Waals surface area contributed by atoms with E-state index in [1.165, 1.54) is 0 Å². The number of H-pyrrole nitrogens is 1. The summed E-state index contributed by atoms with van der Waals surface area (Å²) in [4.78, 5) is 34.9. The third-order valence-corrected chi connectivity index (χ3v) is 3.92. The van der Waals surface area contributed by atoms with Gasteiger partial charge in [-0.3, -0.25) is 9.59 Å². The number of aromatic nitrogens is 4. The number of aromatic amines is 1. The fourth-order valence-corrected chi connectivity index (χ4v) is 2.57. The van der Waals surface area contributed by atoms with E-state index in [4.69, 9.17) is 10.3 Å². The minimum Gasteiger partial charge on any atom is -0.351 e. The third-order valence-electron chi connectivity index (χ3n) is 3.92. The van der Waals surface area contributed by atoms with Crippen molar-refractivity contribution in [3.63, 3.8) is 0 Å². The van der Waals surface area contributed by atoms with Gasteiger partial charge >= 0.3 is 0 Å². The van der Waals surface area contributed by atoms with Crippen molar-refractivity contribution in [1.82, 2.24) is 30.7 Å². The fourth-order valence-electron chi connectivity index (χ4n) is 2.57. The monoisotopic (exact) mass is 383 g/mol. The number of nitrogens with zero attached hydrogens (tertiary/aromatic N) is 3. The van der Waals surface area contributed by atoms with E-state index in [2.05, 4.69) is 30.7 Å². The number of rotatable bonds is 9. The van der Waals surface area contributed by atoms with Gasteiger partial charge in [0.05, 0.1) is 25.1 Å². The number of imidazole rings is 1. The zero-order valence-corrected chi connectivity index (χ0v) is 15.1. The summed E-state index contributed by atoms with van der Waals surface area (Å²) in [5.74, 6) is -0.0292. The molecule has 2 amide bonds. The summed E-state index contributed by atoms with van der Waals surface area (Å²) in [7, 11) is 0. The Kier molecular flexibility index (Phi) is 6.47. The summed E-state index contributed by atoms with van der Waals surface area (Å²) in [6.45, 7) is -0.380. The molecule has 0 aliphatic rings. The van der Waals surface area contributed by atoms with Gasteiger partial charge in [0.2, 0.25) is 17.7 Å². The van der Waals surface area contributed by atoms with Crippen LogP contribution in [0.15, 0.2) is 47.4 Å². The molecule has 0 aliphatic heterocycles. The van der Waals surface area contributed by atoms with Gasteiger partial charge in [-0.05, 0) is 5.56 Å². The summed E-state index contributed by atoms with van der Waals surface area (Å²) < 4.78 is 5.37. The summed E-state index contributed by atoms with van der Waals surface area (Å²) in [6, 6.07) is 9.17. The smallest absolute Gasteiger partial charge is 0.249 e. The van der Waals surface area contributed by atoms with Crippen LogP contribution in [0.3, 0.4) is 0 Å². The van der Waals surface area contributed by atoms with E-state index in [-0.39, 0.29) is 19.0 Å². The maximum Gasteiger partial charge on any atom is 0.249 e. The number of hydrogen-bond acceptors (Lipinski definition) is 7. The molecule has 2 aromatic heterocycles. The van der Waals surface area contributed by atoms with Crippen molar-refractivity contribution in [1.29, 1.82) is 0 Å². The molecular weight excluding hydrogens is 362 g/mol. The highest BCUT2D eigenvalue weighted by molar-refractivity contribution is 5.85. The quantitative estimate of drug-likeness (QED) is 0.401. The summed E-state index contributed by atoms with van der Waals surface area (Å²) in [5.41, 5.74) is 6.99. The molecule has 0 fully saturated rings. The van der Waals surface area contributed by atoms with Crippen LogP contribution in [-0.4, -0.2) is 45.0 Å². The number of carbonyl (C=O) groups excluding carboxylic acids is 2. The summed E-state index contributed by atoms with van der Waals surface area (Å²) in [5, 5.41) is 9.21.